The Morgan fingerprint density at radius 2 is 2.00 bits per heavy atom. The van der Waals surface area contributed by atoms with Gasteiger partial charge < -0.3 is 19.9 Å². The number of hydrogen-bond acceptors (Lipinski definition) is 4. The lowest BCUT2D eigenvalue weighted by atomic mass is 9.74. The topological polar surface area (TPSA) is 91.6 Å². The van der Waals surface area contributed by atoms with E-state index in [1.54, 1.807) is 4.90 Å². The summed E-state index contributed by atoms with van der Waals surface area (Å²) in [5.41, 5.74) is 0.634. The smallest absolute Gasteiger partial charge is 0.278 e. The fraction of sp³-hybridized carbons (Fsp3) is 0.286. The summed E-state index contributed by atoms with van der Waals surface area (Å²) < 4.78 is 28.2. The summed E-state index contributed by atoms with van der Waals surface area (Å²) in [6, 6.07) is 2.95. The van der Waals surface area contributed by atoms with Crippen LogP contribution in [0.25, 0.3) is 0 Å². The highest BCUT2D eigenvalue weighted by molar-refractivity contribution is 6.00. The Morgan fingerprint density at radius 3 is 2.73 bits per heavy atom. The summed E-state index contributed by atoms with van der Waals surface area (Å²) in [7, 11) is 0. The van der Waals surface area contributed by atoms with Crippen LogP contribution in [-0.4, -0.2) is 32.9 Å². The Kier molecular flexibility index (Phi) is 4.02. The van der Waals surface area contributed by atoms with Crippen LogP contribution >= 0.6 is 0 Å². The number of carbonyl (C=O) groups is 2. The van der Waals surface area contributed by atoms with E-state index in [4.69, 9.17) is 0 Å². The van der Waals surface area contributed by atoms with E-state index >= 15 is 0 Å². The van der Waals surface area contributed by atoms with Crippen LogP contribution in [0, 0.1) is 17.6 Å². The molecule has 1 aliphatic carbocycles. The molecule has 4 aliphatic rings. The molecule has 9 heteroatoms. The van der Waals surface area contributed by atoms with Crippen molar-refractivity contribution in [3.05, 3.63) is 74.3 Å². The van der Waals surface area contributed by atoms with E-state index in [2.05, 4.69) is 5.32 Å². The van der Waals surface area contributed by atoms with Gasteiger partial charge in [0.2, 0.25) is 5.43 Å². The molecule has 0 atom stereocenters. The third kappa shape index (κ3) is 2.72. The summed E-state index contributed by atoms with van der Waals surface area (Å²) in [6.45, 7) is 0.580. The zero-order valence-corrected chi connectivity index (χ0v) is 15.7. The van der Waals surface area contributed by atoms with Crippen molar-refractivity contribution in [3.8, 4) is 5.75 Å². The number of hydrogen-bond donors (Lipinski definition) is 2. The zero-order valence-electron chi connectivity index (χ0n) is 15.7. The standard InChI is InChI=1S/C21H17F2N3O4/c22-13-2-1-11(15(23)5-13)6-24-20(29)14-8-25-9-16-12-3-10(4-12)7-26(16)21(30)17(25)19(28)18(14)27/h1-2,5,8,10,28H,3-4,6-7,9H2,(H,24,29). The number of carbonyl (C=O) groups excluding carboxylic acids is 2. The summed E-state index contributed by atoms with van der Waals surface area (Å²) in [5, 5.41) is 12.8. The minimum absolute atomic E-state index is 0.0477. The van der Waals surface area contributed by atoms with Crippen LogP contribution in [0.2, 0.25) is 0 Å². The molecule has 0 radical (unpaired) electrons. The largest absolute Gasteiger partial charge is 0.503 e. The number of nitrogens with zero attached hydrogens (tertiary/aromatic N) is 2. The highest BCUT2D eigenvalue weighted by Crippen LogP contribution is 2.44. The van der Waals surface area contributed by atoms with Gasteiger partial charge in [0.1, 0.15) is 17.2 Å². The first-order valence-electron chi connectivity index (χ1n) is 9.54. The van der Waals surface area contributed by atoms with Crippen LogP contribution in [0.5, 0.6) is 5.75 Å². The molecule has 30 heavy (non-hydrogen) atoms. The molecule has 2 N–H and O–H groups in total. The average molecular weight is 413 g/mol. The van der Waals surface area contributed by atoms with Gasteiger partial charge in [-0.2, -0.15) is 0 Å². The van der Waals surface area contributed by atoms with Gasteiger partial charge in [-0.15, -0.1) is 0 Å². The molecule has 6 rings (SSSR count). The lowest BCUT2D eigenvalue weighted by molar-refractivity contribution is 0.0671. The molecule has 7 nitrogen and oxygen atoms in total. The predicted octanol–water partition coefficient (Wildman–Crippen LogP) is 1.90. The number of benzene rings is 1. The third-order valence-electron chi connectivity index (χ3n) is 5.97. The number of nitrogens with one attached hydrogen (secondary N) is 1. The third-order valence-corrected chi connectivity index (χ3v) is 5.97. The maximum Gasteiger partial charge on any atom is 0.278 e. The van der Waals surface area contributed by atoms with Gasteiger partial charge in [-0.3, -0.25) is 14.4 Å². The first-order chi connectivity index (χ1) is 14.3. The quantitative estimate of drug-likeness (QED) is 0.804. The van der Waals surface area contributed by atoms with Gasteiger partial charge in [-0.25, -0.2) is 8.78 Å². The van der Waals surface area contributed by atoms with E-state index in [1.807, 2.05) is 0 Å². The minimum atomic E-state index is -0.968. The number of allylic oxidation sites excluding steroid dienone is 2. The van der Waals surface area contributed by atoms with Gasteiger partial charge in [0, 0.05) is 36.6 Å². The lowest BCUT2D eigenvalue weighted by Crippen LogP contribution is -2.49. The Balaban J connectivity index is 1.46. The predicted molar refractivity (Wildman–Crippen MR) is 101 cm³/mol. The Bertz CT molecular complexity index is 1210. The number of halogens is 2. The highest BCUT2D eigenvalue weighted by atomic mass is 19.1. The zero-order chi connectivity index (χ0) is 21.2. The van der Waals surface area contributed by atoms with E-state index in [0.29, 0.717) is 18.5 Å². The van der Waals surface area contributed by atoms with Crippen LogP contribution < -0.4 is 10.7 Å². The van der Waals surface area contributed by atoms with Crippen molar-refractivity contribution in [2.75, 3.05) is 6.54 Å². The van der Waals surface area contributed by atoms with Crippen LogP contribution in [-0.2, 0) is 13.1 Å². The number of amides is 2. The van der Waals surface area contributed by atoms with Crippen molar-refractivity contribution in [2.24, 2.45) is 5.92 Å². The molecule has 4 heterocycles. The minimum Gasteiger partial charge on any atom is -0.503 e. The molecular weight excluding hydrogens is 396 g/mol. The van der Waals surface area contributed by atoms with Gasteiger partial charge in [-0.1, -0.05) is 6.07 Å². The molecule has 1 aromatic carbocycles. The molecule has 1 aromatic heterocycles. The van der Waals surface area contributed by atoms with E-state index in [0.717, 1.165) is 24.6 Å². The second kappa shape index (κ2) is 6.51. The van der Waals surface area contributed by atoms with E-state index in [9.17, 15) is 28.3 Å². The van der Waals surface area contributed by atoms with Crippen molar-refractivity contribution in [2.45, 2.75) is 25.9 Å². The van der Waals surface area contributed by atoms with Crippen LogP contribution in [0.15, 0.2) is 40.5 Å². The number of fused-ring (bicyclic) bond motifs is 1. The summed E-state index contributed by atoms with van der Waals surface area (Å²) in [6.07, 6.45) is 3.13. The fourth-order valence-electron chi connectivity index (χ4n) is 4.35. The van der Waals surface area contributed by atoms with Crippen LogP contribution in [0.4, 0.5) is 8.78 Å². The van der Waals surface area contributed by atoms with Crippen molar-refractivity contribution >= 4 is 11.8 Å². The highest BCUT2D eigenvalue weighted by Gasteiger charge is 2.42. The van der Waals surface area contributed by atoms with Gasteiger partial charge in [-0.05, 0) is 30.4 Å². The summed E-state index contributed by atoms with van der Waals surface area (Å²) in [4.78, 5) is 39.6. The molecule has 2 amide bonds. The van der Waals surface area contributed by atoms with Crippen molar-refractivity contribution < 1.29 is 23.5 Å². The average Bonchev–Trinajstić information content (AvgIpc) is 2.68. The van der Waals surface area contributed by atoms with E-state index < -0.39 is 34.6 Å². The molecule has 3 aliphatic heterocycles. The molecule has 0 spiro atoms. The van der Waals surface area contributed by atoms with Crippen LogP contribution in [0.3, 0.4) is 0 Å². The number of pyridine rings is 1. The Hall–Kier alpha value is -3.49. The maximum atomic E-state index is 13.8. The first-order valence-corrected chi connectivity index (χ1v) is 9.54. The monoisotopic (exact) mass is 413 g/mol. The van der Waals surface area contributed by atoms with Gasteiger partial charge in [0.25, 0.3) is 11.8 Å². The van der Waals surface area contributed by atoms with Crippen molar-refractivity contribution in [3.63, 3.8) is 0 Å². The van der Waals surface area contributed by atoms with Gasteiger partial charge in [0.15, 0.2) is 11.4 Å². The fourth-order valence-corrected chi connectivity index (χ4v) is 4.35. The molecule has 154 valence electrons. The molecular formula is C21H17F2N3O4. The molecule has 0 saturated heterocycles. The van der Waals surface area contributed by atoms with Crippen molar-refractivity contribution in [1.29, 1.82) is 0 Å². The SMILES string of the molecule is O=C(NCc1ccc(F)cc1F)c1cn2c(c(O)c1=O)C(=O)N1CC3CC(=C1C2)C3. The van der Waals surface area contributed by atoms with Gasteiger partial charge in [0.05, 0.1) is 6.54 Å². The number of aromatic nitrogens is 1. The lowest BCUT2D eigenvalue weighted by Gasteiger charge is -2.46. The Labute approximate surface area is 169 Å². The Morgan fingerprint density at radius 1 is 1.23 bits per heavy atom. The molecule has 2 bridgehead atoms. The molecule has 0 unspecified atom stereocenters. The molecule has 1 saturated carbocycles. The normalized spacial score (nSPS) is 17.4. The van der Waals surface area contributed by atoms with E-state index in [-0.39, 0.29) is 29.9 Å². The van der Waals surface area contributed by atoms with E-state index in [1.165, 1.54) is 22.4 Å². The molecule has 2 aromatic rings. The second-order valence-electron chi connectivity index (χ2n) is 7.86. The maximum absolute atomic E-state index is 13.8. The number of rotatable bonds is 3. The van der Waals surface area contributed by atoms with Gasteiger partial charge >= 0.3 is 0 Å². The summed E-state index contributed by atoms with van der Waals surface area (Å²) in [5.74, 6) is -3.19. The van der Waals surface area contributed by atoms with Crippen LogP contribution in [0.1, 0.15) is 39.3 Å². The summed E-state index contributed by atoms with van der Waals surface area (Å²) >= 11 is 0. The first kappa shape index (κ1) is 18.5. The number of aromatic hydroxyl groups is 1. The van der Waals surface area contributed by atoms with Crippen molar-refractivity contribution in [1.82, 2.24) is 14.8 Å². The second-order valence-corrected chi connectivity index (χ2v) is 7.86. The molecule has 1 fully saturated rings.